The molecule has 1 aliphatic rings. The van der Waals surface area contributed by atoms with Crippen molar-refractivity contribution in [2.24, 2.45) is 0 Å². The van der Waals surface area contributed by atoms with Crippen molar-refractivity contribution in [1.29, 1.82) is 0 Å². The minimum atomic E-state index is -1.03. The molecule has 0 unspecified atom stereocenters. The molecule has 3 rings (SSSR count). The summed E-state index contributed by atoms with van der Waals surface area (Å²) >= 11 is 0. The molecule has 0 aliphatic heterocycles. The van der Waals surface area contributed by atoms with Gasteiger partial charge in [0.05, 0.1) is 6.42 Å². The molecule has 2 aromatic carbocycles. The second-order valence-corrected chi connectivity index (χ2v) is 4.61. The number of rotatable bonds is 2. The molecule has 20 heavy (non-hydrogen) atoms. The molecule has 2 aromatic rings. The molecular weight excluding hydrogens is 256 g/mol. The highest BCUT2D eigenvalue weighted by Gasteiger charge is 2.31. The molecule has 0 saturated heterocycles. The van der Waals surface area contributed by atoms with Crippen LogP contribution >= 0.6 is 0 Å². The summed E-state index contributed by atoms with van der Waals surface area (Å²) in [5, 5.41) is 8.92. The summed E-state index contributed by atoms with van der Waals surface area (Å²) in [6.45, 7) is 0. The molecule has 0 atom stereocenters. The predicted octanol–water partition coefficient (Wildman–Crippen LogP) is 2.09. The molecule has 0 fully saturated rings. The van der Waals surface area contributed by atoms with Gasteiger partial charge in [0.25, 0.3) is 0 Å². The highest BCUT2D eigenvalue weighted by atomic mass is 16.4. The number of carbonyl (C=O) groups is 3. The van der Waals surface area contributed by atoms with E-state index in [2.05, 4.69) is 0 Å². The van der Waals surface area contributed by atoms with Crippen LogP contribution in [0.25, 0.3) is 0 Å². The number of carboxylic acid groups (broad SMARTS) is 1. The van der Waals surface area contributed by atoms with E-state index in [9.17, 15) is 14.4 Å². The number of aliphatic carboxylic acids is 1. The van der Waals surface area contributed by atoms with E-state index in [4.69, 9.17) is 5.11 Å². The second-order valence-electron chi connectivity index (χ2n) is 4.61. The van der Waals surface area contributed by atoms with Crippen LogP contribution in [-0.4, -0.2) is 22.6 Å². The highest BCUT2D eigenvalue weighted by molar-refractivity contribution is 6.29. The van der Waals surface area contributed by atoms with Crippen LogP contribution in [0, 0.1) is 0 Å². The van der Waals surface area contributed by atoms with Gasteiger partial charge in [0.15, 0.2) is 11.6 Å². The van der Waals surface area contributed by atoms with E-state index in [0.29, 0.717) is 16.7 Å². The Balaban J connectivity index is 2.25. The summed E-state index contributed by atoms with van der Waals surface area (Å²) in [6.07, 6.45) is -0.273. The second kappa shape index (κ2) is 4.42. The Morgan fingerprint density at radius 1 is 0.850 bits per heavy atom. The van der Waals surface area contributed by atoms with Crippen molar-refractivity contribution < 1.29 is 19.5 Å². The molecule has 0 saturated carbocycles. The van der Waals surface area contributed by atoms with E-state index in [1.165, 1.54) is 0 Å². The maximum atomic E-state index is 12.5. The largest absolute Gasteiger partial charge is 0.481 e. The van der Waals surface area contributed by atoms with Gasteiger partial charge in [-0.1, -0.05) is 42.5 Å². The quantitative estimate of drug-likeness (QED) is 0.771. The minimum Gasteiger partial charge on any atom is -0.481 e. The predicted molar refractivity (Wildman–Crippen MR) is 71.1 cm³/mol. The zero-order chi connectivity index (χ0) is 14.3. The summed E-state index contributed by atoms with van der Waals surface area (Å²) in [7, 11) is 0. The first-order valence-corrected chi connectivity index (χ1v) is 6.11. The van der Waals surface area contributed by atoms with E-state index < -0.39 is 5.97 Å². The molecule has 0 amide bonds. The van der Waals surface area contributed by atoms with Crippen LogP contribution in [0.1, 0.15) is 37.4 Å². The number of carboxylic acids is 1. The van der Waals surface area contributed by atoms with Gasteiger partial charge in [0.1, 0.15) is 0 Å². The molecule has 0 aromatic heterocycles. The zero-order valence-electron chi connectivity index (χ0n) is 10.4. The average molecular weight is 266 g/mol. The Morgan fingerprint density at radius 2 is 1.45 bits per heavy atom. The summed E-state index contributed by atoms with van der Waals surface area (Å²) in [4.78, 5) is 35.8. The Morgan fingerprint density at radius 3 is 2.10 bits per heavy atom. The van der Waals surface area contributed by atoms with Crippen LogP contribution in [0.4, 0.5) is 0 Å². The molecule has 4 nitrogen and oxygen atoms in total. The molecular formula is C16H10O4. The summed E-state index contributed by atoms with van der Waals surface area (Å²) in [5.74, 6) is -1.55. The number of fused-ring (bicyclic) bond motifs is 2. The number of hydrogen-bond acceptors (Lipinski definition) is 3. The minimum absolute atomic E-state index is 0.221. The molecule has 0 radical (unpaired) electrons. The number of carbonyl (C=O) groups excluding carboxylic acids is 2. The van der Waals surface area contributed by atoms with Crippen molar-refractivity contribution in [2.75, 3.05) is 0 Å². The van der Waals surface area contributed by atoms with Crippen LogP contribution in [0.2, 0.25) is 0 Å². The summed E-state index contributed by atoms with van der Waals surface area (Å²) < 4.78 is 0. The van der Waals surface area contributed by atoms with Crippen LogP contribution < -0.4 is 0 Å². The first kappa shape index (κ1) is 12.3. The lowest BCUT2D eigenvalue weighted by molar-refractivity contribution is -0.136. The molecule has 0 bridgehead atoms. The van der Waals surface area contributed by atoms with Crippen LogP contribution in [0.3, 0.4) is 0 Å². The molecule has 0 heterocycles. The highest BCUT2D eigenvalue weighted by Crippen LogP contribution is 2.29. The van der Waals surface area contributed by atoms with Crippen molar-refractivity contribution in [3.63, 3.8) is 0 Å². The maximum absolute atomic E-state index is 12.5. The van der Waals surface area contributed by atoms with Gasteiger partial charge in [-0.05, 0) is 5.56 Å². The average Bonchev–Trinajstić information content (AvgIpc) is 2.44. The Kier molecular flexibility index (Phi) is 2.71. The SMILES string of the molecule is O=C(O)Cc1cccc2c1C(=O)c1ccccc1C2=O. The molecule has 1 N–H and O–H groups in total. The molecule has 98 valence electrons. The number of ketones is 2. The van der Waals surface area contributed by atoms with E-state index in [-0.39, 0.29) is 29.1 Å². The maximum Gasteiger partial charge on any atom is 0.307 e. The fourth-order valence-corrected chi connectivity index (χ4v) is 2.53. The Bertz CT molecular complexity index is 759. The lowest BCUT2D eigenvalue weighted by Crippen LogP contribution is -2.23. The van der Waals surface area contributed by atoms with Crippen molar-refractivity contribution in [2.45, 2.75) is 6.42 Å². The zero-order valence-corrected chi connectivity index (χ0v) is 10.4. The number of hydrogen-bond donors (Lipinski definition) is 1. The van der Waals surface area contributed by atoms with E-state index in [1.54, 1.807) is 42.5 Å². The molecule has 1 aliphatic carbocycles. The normalized spacial score (nSPS) is 12.8. The molecule has 4 heteroatoms. The molecule has 0 spiro atoms. The first-order valence-electron chi connectivity index (χ1n) is 6.11. The lowest BCUT2D eigenvalue weighted by atomic mass is 9.81. The van der Waals surface area contributed by atoms with Crippen LogP contribution in [0.5, 0.6) is 0 Å². The summed E-state index contributed by atoms with van der Waals surface area (Å²) in [6, 6.07) is 11.3. The first-order chi connectivity index (χ1) is 9.59. The van der Waals surface area contributed by atoms with E-state index >= 15 is 0 Å². The topological polar surface area (TPSA) is 71.4 Å². The third kappa shape index (κ3) is 1.73. The third-order valence-electron chi connectivity index (χ3n) is 3.38. The van der Waals surface area contributed by atoms with Gasteiger partial charge < -0.3 is 5.11 Å². The Labute approximate surface area is 114 Å². The van der Waals surface area contributed by atoms with Crippen molar-refractivity contribution in [1.82, 2.24) is 0 Å². The van der Waals surface area contributed by atoms with Crippen molar-refractivity contribution >= 4 is 17.5 Å². The van der Waals surface area contributed by atoms with E-state index in [0.717, 1.165) is 0 Å². The van der Waals surface area contributed by atoms with Gasteiger partial charge in [-0.15, -0.1) is 0 Å². The van der Waals surface area contributed by atoms with Gasteiger partial charge in [0, 0.05) is 22.3 Å². The fourth-order valence-electron chi connectivity index (χ4n) is 2.53. The van der Waals surface area contributed by atoms with Crippen molar-refractivity contribution in [3.05, 3.63) is 70.3 Å². The van der Waals surface area contributed by atoms with Gasteiger partial charge >= 0.3 is 5.97 Å². The smallest absolute Gasteiger partial charge is 0.307 e. The van der Waals surface area contributed by atoms with Crippen LogP contribution in [-0.2, 0) is 11.2 Å². The van der Waals surface area contributed by atoms with Gasteiger partial charge in [0.2, 0.25) is 0 Å². The van der Waals surface area contributed by atoms with E-state index in [1.807, 2.05) is 0 Å². The van der Waals surface area contributed by atoms with Gasteiger partial charge in [-0.25, -0.2) is 0 Å². The Hall–Kier alpha value is -2.75. The van der Waals surface area contributed by atoms with Gasteiger partial charge in [-0.2, -0.15) is 0 Å². The monoisotopic (exact) mass is 266 g/mol. The number of benzene rings is 2. The fraction of sp³-hybridized carbons (Fsp3) is 0.0625. The third-order valence-corrected chi connectivity index (χ3v) is 3.38. The standard InChI is InChI=1S/C16H10O4/c17-13(18)8-9-4-3-7-12-14(9)16(20)11-6-2-1-5-10(11)15(12)19/h1-7H,8H2,(H,17,18). The van der Waals surface area contributed by atoms with Crippen molar-refractivity contribution in [3.8, 4) is 0 Å². The summed E-state index contributed by atoms with van der Waals surface area (Å²) in [5.41, 5.74) is 1.59. The van der Waals surface area contributed by atoms with Crippen LogP contribution in [0.15, 0.2) is 42.5 Å². The lowest BCUT2D eigenvalue weighted by Gasteiger charge is -2.19. The van der Waals surface area contributed by atoms with Gasteiger partial charge in [-0.3, -0.25) is 14.4 Å².